The highest BCUT2D eigenvalue weighted by Crippen LogP contribution is 2.26. The van der Waals surface area contributed by atoms with Crippen LogP contribution in [0.1, 0.15) is 46.9 Å². The van der Waals surface area contributed by atoms with E-state index in [1.54, 1.807) is 18.3 Å². The minimum Gasteiger partial charge on any atom is -0.389 e. The van der Waals surface area contributed by atoms with E-state index in [1.807, 2.05) is 13.0 Å². The first kappa shape index (κ1) is 22.1. The maximum absolute atomic E-state index is 15.0. The molecular weight excluding hydrogens is 413 g/mol. The fourth-order valence-corrected chi connectivity index (χ4v) is 4.01. The lowest BCUT2D eigenvalue weighted by Crippen LogP contribution is -2.48. The third kappa shape index (κ3) is 4.87. The summed E-state index contributed by atoms with van der Waals surface area (Å²) < 4.78 is 20.2. The highest BCUT2D eigenvalue weighted by Gasteiger charge is 2.26. The van der Waals surface area contributed by atoms with Crippen molar-refractivity contribution in [3.63, 3.8) is 0 Å². The molecule has 1 aromatic carbocycles. The Hall–Kier alpha value is -3.10. The van der Waals surface area contributed by atoms with Crippen LogP contribution in [-0.4, -0.2) is 46.3 Å². The van der Waals surface area contributed by atoms with Crippen LogP contribution in [-0.2, 0) is 17.6 Å². The molecule has 1 saturated heterocycles. The molecule has 32 heavy (non-hydrogen) atoms. The summed E-state index contributed by atoms with van der Waals surface area (Å²) in [4.78, 5) is 31.3. The Morgan fingerprint density at radius 3 is 2.88 bits per heavy atom. The molecule has 2 atom stereocenters. The largest absolute Gasteiger partial charge is 0.389 e. The van der Waals surface area contributed by atoms with Crippen molar-refractivity contribution in [1.29, 1.82) is 0 Å². The Bertz CT molecular complexity index is 1170. The first-order chi connectivity index (χ1) is 15.4. The summed E-state index contributed by atoms with van der Waals surface area (Å²) in [7, 11) is 0. The third-order valence-corrected chi connectivity index (χ3v) is 5.67. The molecule has 0 bridgehead atoms. The van der Waals surface area contributed by atoms with Crippen LogP contribution in [0.25, 0.3) is 10.9 Å². The van der Waals surface area contributed by atoms with Gasteiger partial charge in [0.05, 0.1) is 18.8 Å². The molecule has 3 N–H and O–H groups in total. The van der Waals surface area contributed by atoms with Crippen molar-refractivity contribution in [2.75, 3.05) is 13.2 Å². The zero-order valence-electron chi connectivity index (χ0n) is 17.9. The maximum atomic E-state index is 15.0. The molecule has 3 heterocycles. The number of hydrogen-bond donors (Lipinski definition) is 3. The van der Waals surface area contributed by atoms with Gasteiger partial charge in [-0.05, 0) is 54.2 Å². The summed E-state index contributed by atoms with van der Waals surface area (Å²) in [6.07, 6.45) is 3.29. The number of nitrogens with zero attached hydrogens (tertiary/aromatic N) is 1. The molecule has 4 rings (SSSR count). The number of carbonyl (C=O) groups is 1. The average molecular weight is 439 g/mol. The van der Waals surface area contributed by atoms with E-state index in [-0.39, 0.29) is 23.4 Å². The first-order valence-corrected chi connectivity index (χ1v) is 10.8. The standard InChI is InChI=1S/C24H26FN3O4/c1-2-3-14-9-17-16(8-15-4-5-22(30)26-12-15)11-20(27-23(17)18(25)10-14)24(31)28-19-6-7-32-13-21(19)29/h4-5,9-12,19,21,29H,2-3,6-8,13H2,1H3,(H,26,30)(H,28,31)/t19-,21-/m0/s1. The molecule has 1 aliphatic heterocycles. The van der Waals surface area contributed by atoms with Gasteiger partial charge >= 0.3 is 0 Å². The van der Waals surface area contributed by atoms with E-state index in [4.69, 9.17) is 4.74 Å². The lowest BCUT2D eigenvalue weighted by Gasteiger charge is -2.28. The highest BCUT2D eigenvalue weighted by molar-refractivity contribution is 5.96. The zero-order valence-corrected chi connectivity index (χ0v) is 17.9. The minimum absolute atomic E-state index is 0.0813. The van der Waals surface area contributed by atoms with Crippen LogP contribution < -0.4 is 10.9 Å². The minimum atomic E-state index is -0.804. The molecule has 1 amide bonds. The van der Waals surface area contributed by atoms with Crippen molar-refractivity contribution in [2.45, 2.75) is 44.8 Å². The number of aromatic amines is 1. The van der Waals surface area contributed by atoms with E-state index in [0.29, 0.717) is 24.8 Å². The molecule has 3 aromatic rings. The smallest absolute Gasteiger partial charge is 0.270 e. The predicted octanol–water partition coefficient (Wildman–Crippen LogP) is 2.49. The van der Waals surface area contributed by atoms with Gasteiger partial charge < -0.3 is 20.1 Å². The number of aryl methyl sites for hydroxylation is 1. The molecular formula is C24H26FN3O4. The average Bonchev–Trinajstić information content (AvgIpc) is 2.77. The molecule has 168 valence electrons. The lowest BCUT2D eigenvalue weighted by molar-refractivity contribution is -0.0261. The van der Waals surface area contributed by atoms with E-state index in [9.17, 15) is 14.7 Å². The van der Waals surface area contributed by atoms with Gasteiger partial charge in [-0.2, -0.15) is 0 Å². The lowest BCUT2D eigenvalue weighted by atomic mass is 9.97. The second-order valence-corrected chi connectivity index (χ2v) is 8.14. The van der Waals surface area contributed by atoms with Gasteiger partial charge in [0.1, 0.15) is 17.0 Å². The molecule has 0 aliphatic carbocycles. The number of nitrogens with one attached hydrogen (secondary N) is 2. The van der Waals surface area contributed by atoms with Crippen molar-refractivity contribution in [3.05, 3.63) is 75.1 Å². The zero-order chi connectivity index (χ0) is 22.7. The number of pyridine rings is 2. The van der Waals surface area contributed by atoms with Crippen LogP contribution >= 0.6 is 0 Å². The second kappa shape index (κ2) is 9.58. The number of rotatable bonds is 6. The fourth-order valence-electron chi connectivity index (χ4n) is 4.01. The van der Waals surface area contributed by atoms with Gasteiger partial charge in [-0.15, -0.1) is 0 Å². The quantitative estimate of drug-likeness (QED) is 0.547. The van der Waals surface area contributed by atoms with E-state index >= 15 is 4.39 Å². The number of aromatic nitrogens is 2. The maximum Gasteiger partial charge on any atom is 0.270 e. The number of carbonyl (C=O) groups excluding carboxylic acids is 1. The van der Waals surface area contributed by atoms with Crippen molar-refractivity contribution in [2.24, 2.45) is 0 Å². The van der Waals surface area contributed by atoms with Gasteiger partial charge in [0.15, 0.2) is 0 Å². The van der Waals surface area contributed by atoms with Gasteiger partial charge in [-0.25, -0.2) is 9.37 Å². The fraction of sp³-hybridized carbons (Fsp3) is 0.375. The Morgan fingerprint density at radius 2 is 2.16 bits per heavy atom. The van der Waals surface area contributed by atoms with Crippen molar-refractivity contribution >= 4 is 16.8 Å². The van der Waals surface area contributed by atoms with E-state index in [2.05, 4.69) is 15.3 Å². The molecule has 2 aromatic heterocycles. The highest BCUT2D eigenvalue weighted by atomic mass is 19.1. The molecule has 1 aliphatic rings. The van der Waals surface area contributed by atoms with Gasteiger partial charge in [-0.1, -0.05) is 19.4 Å². The summed E-state index contributed by atoms with van der Waals surface area (Å²) >= 11 is 0. The molecule has 1 fully saturated rings. The van der Waals surface area contributed by atoms with Crippen molar-refractivity contribution in [1.82, 2.24) is 15.3 Å². The van der Waals surface area contributed by atoms with Gasteiger partial charge in [0.25, 0.3) is 5.91 Å². The van der Waals surface area contributed by atoms with Crippen LogP contribution in [0.4, 0.5) is 4.39 Å². The normalized spacial score (nSPS) is 18.6. The number of aliphatic hydroxyl groups excluding tert-OH is 1. The topological polar surface area (TPSA) is 104 Å². The van der Waals surface area contributed by atoms with Crippen LogP contribution in [0.2, 0.25) is 0 Å². The van der Waals surface area contributed by atoms with Crippen LogP contribution in [0.3, 0.4) is 0 Å². The Balaban J connectivity index is 1.75. The van der Waals surface area contributed by atoms with Crippen LogP contribution in [0.5, 0.6) is 0 Å². The monoisotopic (exact) mass is 439 g/mol. The van der Waals surface area contributed by atoms with Gasteiger partial charge in [-0.3, -0.25) is 9.59 Å². The predicted molar refractivity (Wildman–Crippen MR) is 118 cm³/mol. The van der Waals surface area contributed by atoms with E-state index in [1.165, 1.54) is 12.1 Å². The molecule has 8 heteroatoms. The summed E-state index contributed by atoms with van der Waals surface area (Å²) in [5.74, 6) is -0.952. The number of amides is 1. The number of fused-ring (bicyclic) bond motifs is 1. The van der Waals surface area contributed by atoms with Crippen LogP contribution in [0.15, 0.2) is 41.3 Å². The number of halogens is 1. The molecule has 7 nitrogen and oxygen atoms in total. The van der Waals surface area contributed by atoms with E-state index < -0.39 is 23.9 Å². The Kier molecular flexibility index (Phi) is 6.62. The number of H-pyrrole nitrogens is 1. The number of ether oxygens (including phenoxy) is 1. The number of benzene rings is 1. The summed E-state index contributed by atoms with van der Waals surface area (Å²) in [6.45, 7) is 2.63. The SMILES string of the molecule is CCCc1cc(F)c2nc(C(=O)N[C@H]3CCOC[C@@H]3O)cc(Cc3ccc(=O)[nH]c3)c2c1. The third-order valence-electron chi connectivity index (χ3n) is 5.67. The molecule has 0 unspecified atom stereocenters. The number of aliphatic hydroxyl groups is 1. The van der Waals surface area contributed by atoms with Gasteiger partial charge in [0.2, 0.25) is 5.56 Å². The summed E-state index contributed by atoms with van der Waals surface area (Å²) in [6, 6.07) is 7.72. The summed E-state index contributed by atoms with van der Waals surface area (Å²) in [5.41, 5.74) is 2.42. The second-order valence-electron chi connectivity index (χ2n) is 8.14. The molecule has 0 spiro atoms. The van der Waals surface area contributed by atoms with Crippen LogP contribution in [0, 0.1) is 5.82 Å². The summed E-state index contributed by atoms with van der Waals surface area (Å²) in [5, 5.41) is 13.5. The van der Waals surface area contributed by atoms with Crippen molar-refractivity contribution in [3.8, 4) is 0 Å². The molecule has 0 radical (unpaired) electrons. The van der Waals surface area contributed by atoms with Gasteiger partial charge in [0, 0.05) is 24.3 Å². The Labute approximate surface area is 184 Å². The van der Waals surface area contributed by atoms with E-state index in [0.717, 1.165) is 29.5 Å². The first-order valence-electron chi connectivity index (χ1n) is 10.8. The van der Waals surface area contributed by atoms with Crippen molar-refractivity contribution < 1.29 is 19.0 Å². The molecule has 0 saturated carbocycles. The number of hydrogen-bond acceptors (Lipinski definition) is 5. The Morgan fingerprint density at radius 1 is 1.31 bits per heavy atom.